The Hall–Kier alpha value is -1.61. The first-order chi connectivity index (χ1) is 9.84. The fourth-order valence-corrected chi connectivity index (χ4v) is 2.99. The highest BCUT2D eigenvalue weighted by Crippen LogP contribution is 2.25. The van der Waals surface area contributed by atoms with Gasteiger partial charge in [-0.05, 0) is 31.0 Å². The van der Waals surface area contributed by atoms with E-state index in [-0.39, 0.29) is 0 Å². The van der Waals surface area contributed by atoms with Crippen LogP contribution < -0.4 is 5.73 Å². The maximum Gasteiger partial charge on any atom is 0.0777 e. The first-order valence-electron chi connectivity index (χ1n) is 7.58. The summed E-state index contributed by atoms with van der Waals surface area (Å²) < 4.78 is 6.12. The molecule has 3 heteroatoms. The maximum atomic E-state index is 6.12. The average molecular weight is 270 g/mol. The molecule has 20 heavy (non-hydrogen) atoms. The van der Waals surface area contributed by atoms with Crippen molar-refractivity contribution in [2.24, 2.45) is 0 Å². The summed E-state index contributed by atoms with van der Waals surface area (Å²) in [6.07, 6.45) is 9.92. The number of ether oxygens (including phenoxy) is 1. The summed E-state index contributed by atoms with van der Waals surface area (Å²) in [5.41, 5.74) is 8.90. The zero-order chi connectivity index (χ0) is 13.8. The van der Waals surface area contributed by atoms with Gasteiger partial charge in [-0.3, -0.25) is 4.98 Å². The van der Waals surface area contributed by atoms with Crippen molar-refractivity contribution in [3.63, 3.8) is 0 Å². The molecule has 1 fully saturated rings. The number of hydrogen-bond donors (Lipinski definition) is 1. The van der Waals surface area contributed by atoms with E-state index in [0.717, 1.165) is 22.2 Å². The van der Waals surface area contributed by atoms with E-state index >= 15 is 0 Å². The molecule has 1 aliphatic rings. The first kappa shape index (κ1) is 13.4. The number of pyridine rings is 1. The average Bonchev–Trinajstić information content (AvgIpc) is 2.76. The largest absolute Gasteiger partial charge is 0.398 e. The molecule has 0 aliphatic heterocycles. The van der Waals surface area contributed by atoms with Gasteiger partial charge in [0.25, 0.3) is 0 Å². The second-order valence-corrected chi connectivity index (χ2v) is 5.64. The molecule has 3 rings (SSSR count). The van der Waals surface area contributed by atoms with Gasteiger partial charge in [-0.2, -0.15) is 0 Å². The number of nitrogen functional groups attached to an aromatic ring is 1. The quantitative estimate of drug-likeness (QED) is 0.676. The molecular weight excluding hydrogens is 248 g/mol. The lowest BCUT2D eigenvalue weighted by Crippen LogP contribution is -2.11. The molecule has 0 amide bonds. The Morgan fingerprint density at radius 3 is 2.70 bits per heavy atom. The number of rotatable bonds is 3. The number of nitrogens with two attached hydrogens (primary N) is 1. The van der Waals surface area contributed by atoms with Crippen molar-refractivity contribution < 1.29 is 4.74 Å². The molecule has 2 N–H and O–H groups in total. The second kappa shape index (κ2) is 6.23. The fraction of sp³-hybridized carbons (Fsp3) is 0.471. The molecule has 0 unspecified atom stereocenters. The Morgan fingerprint density at radius 2 is 1.90 bits per heavy atom. The van der Waals surface area contributed by atoms with E-state index in [4.69, 9.17) is 10.5 Å². The minimum Gasteiger partial charge on any atom is -0.398 e. The van der Waals surface area contributed by atoms with Gasteiger partial charge in [0.15, 0.2) is 0 Å². The highest BCUT2D eigenvalue weighted by atomic mass is 16.5. The normalized spacial score (nSPS) is 17.2. The third kappa shape index (κ3) is 2.93. The molecule has 2 aromatic rings. The first-order valence-corrected chi connectivity index (χ1v) is 7.58. The fourth-order valence-electron chi connectivity index (χ4n) is 2.99. The van der Waals surface area contributed by atoms with E-state index in [9.17, 15) is 0 Å². The number of nitrogens with zero attached hydrogens (tertiary/aromatic N) is 1. The molecule has 0 spiro atoms. The van der Waals surface area contributed by atoms with E-state index in [1.54, 1.807) is 0 Å². The summed E-state index contributed by atoms with van der Waals surface area (Å²) in [6.45, 7) is 0.637. The molecule has 0 atom stereocenters. The zero-order valence-electron chi connectivity index (χ0n) is 11.8. The van der Waals surface area contributed by atoms with Gasteiger partial charge in [-0.15, -0.1) is 0 Å². The molecular formula is C17H22N2O. The Labute approximate surface area is 120 Å². The summed E-state index contributed by atoms with van der Waals surface area (Å²) in [5, 5.41) is 1.02. The van der Waals surface area contributed by atoms with Crippen molar-refractivity contribution in [2.45, 2.75) is 51.2 Å². The molecule has 1 aromatic carbocycles. The van der Waals surface area contributed by atoms with Crippen LogP contribution in [-0.2, 0) is 11.3 Å². The van der Waals surface area contributed by atoms with Crippen molar-refractivity contribution in [1.29, 1.82) is 0 Å². The second-order valence-electron chi connectivity index (χ2n) is 5.64. The third-order valence-corrected chi connectivity index (χ3v) is 4.16. The van der Waals surface area contributed by atoms with Crippen LogP contribution in [0.2, 0.25) is 0 Å². The Morgan fingerprint density at radius 1 is 1.10 bits per heavy atom. The number of fused-ring (bicyclic) bond motifs is 1. The highest BCUT2D eigenvalue weighted by molar-refractivity contribution is 5.92. The van der Waals surface area contributed by atoms with E-state index < -0.39 is 0 Å². The van der Waals surface area contributed by atoms with Crippen LogP contribution in [0.3, 0.4) is 0 Å². The van der Waals surface area contributed by atoms with Gasteiger partial charge in [0, 0.05) is 22.8 Å². The number of aromatic nitrogens is 1. The van der Waals surface area contributed by atoms with Gasteiger partial charge in [-0.25, -0.2) is 0 Å². The van der Waals surface area contributed by atoms with Crippen LogP contribution in [0.15, 0.2) is 30.5 Å². The number of hydrogen-bond acceptors (Lipinski definition) is 3. The molecule has 3 nitrogen and oxygen atoms in total. The van der Waals surface area contributed by atoms with Crippen molar-refractivity contribution >= 4 is 16.6 Å². The van der Waals surface area contributed by atoms with Gasteiger partial charge < -0.3 is 10.5 Å². The Kier molecular flexibility index (Phi) is 4.16. The monoisotopic (exact) mass is 270 g/mol. The van der Waals surface area contributed by atoms with Gasteiger partial charge in [0.1, 0.15) is 0 Å². The standard InChI is InChI=1S/C17H22N2O/c18-16-10-9-13(17-15(16)8-5-11-19-17)12-20-14-6-3-1-2-4-7-14/h5,8-11,14H,1-4,6-7,12,18H2. The molecule has 0 bridgehead atoms. The Balaban J connectivity index is 1.75. The topological polar surface area (TPSA) is 48.1 Å². The minimum absolute atomic E-state index is 0.411. The van der Waals surface area contributed by atoms with Crippen LogP contribution in [0.4, 0.5) is 5.69 Å². The van der Waals surface area contributed by atoms with E-state index in [1.807, 2.05) is 30.5 Å². The molecule has 1 aromatic heterocycles. The van der Waals surface area contributed by atoms with Crippen LogP contribution in [0.1, 0.15) is 44.1 Å². The summed E-state index contributed by atoms with van der Waals surface area (Å²) in [6, 6.07) is 7.94. The van der Waals surface area contributed by atoms with E-state index in [2.05, 4.69) is 4.98 Å². The van der Waals surface area contributed by atoms with Crippen molar-refractivity contribution in [2.75, 3.05) is 5.73 Å². The van der Waals surface area contributed by atoms with E-state index in [1.165, 1.54) is 38.5 Å². The SMILES string of the molecule is Nc1ccc(COC2CCCCCC2)c2ncccc12. The predicted molar refractivity (Wildman–Crippen MR) is 82.4 cm³/mol. The maximum absolute atomic E-state index is 6.12. The van der Waals surface area contributed by atoms with Gasteiger partial charge >= 0.3 is 0 Å². The smallest absolute Gasteiger partial charge is 0.0777 e. The third-order valence-electron chi connectivity index (χ3n) is 4.16. The van der Waals surface area contributed by atoms with Crippen LogP contribution in [0.5, 0.6) is 0 Å². The predicted octanol–water partition coefficient (Wildman–Crippen LogP) is 4.06. The van der Waals surface area contributed by atoms with Crippen molar-refractivity contribution in [3.05, 3.63) is 36.0 Å². The van der Waals surface area contributed by atoms with Crippen LogP contribution in [-0.4, -0.2) is 11.1 Å². The summed E-state index contributed by atoms with van der Waals surface area (Å²) in [5.74, 6) is 0. The minimum atomic E-state index is 0.411. The van der Waals surface area contributed by atoms with E-state index in [0.29, 0.717) is 12.7 Å². The lowest BCUT2D eigenvalue weighted by Gasteiger charge is -2.16. The van der Waals surface area contributed by atoms with Crippen LogP contribution in [0.25, 0.3) is 10.9 Å². The summed E-state index contributed by atoms with van der Waals surface area (Å²) in [7, 11) is 0. The molecule has 0 saturated heterocycles. The molecule has 1 heterocycles. The van der Waals surface area contributed by atoms with Crippen LogP contribution >= 0.6 is 0 Å². The highest BCUT2D eigenvalue weighted by Gasteiger charge is 2.13. The molecule has 106 valence electrons. The molecule has 0 radical (unpaired) electrons. The van der Waals surface area contributed by atoms with Gasteiger partial charge in [0.05, 0.1) is 18.2 Å². The molecule has 1 saturated carbocycles. The Bertz CT molecular complexity index is 574. The number of anilines is 1. The lowest BCUT2D eigenvalue weighted by molar-refractivity contribution is 0.0315. The number of benzene rings is 1. The van der Waals surface area contributed by atoms with Crippen LogP contribution in [0, 0.1) is 0 Å². The summed E-state index contributed by atoms with van der Waals surface area (Å²) in [4.78, 5) is 4.46. The van der Waals surface area contributed by atoms with Gasteiger partial charge in [-0.1, -0.05) is 31.7 Å². The lowest BCUT2D eigenvalue weighted by atomic mass is 10.1. The summed E-state index contributed by atoms with van der Waals surface area (Å²) >= 11 is 0. The molecule has 1 aliphatic carbocycles. The zero-order valence-corrected chi connectivity index (χ0v) is 11.8. The van der Waals surface area contributed by atoms with Crippen molar-refractivity contribution in [3.8, 4) is 0 Å². The van der Waals surface area contributed by atoms with Gasteiger partial charge in [0.2, 0.25) is 0 Å². The van der Waals surface area contributed by atoms with Crippen molar-refractivity contribution in [1.82, 2.24) is 4.98 Å².